The van der Waals surface area contributed by atoms with Gasteiger partial charge in [0.05, 0.1) is 6.54 Å². The smallest absolute Gasteiger partial charge is 0.425 e. The first-order chi connectivity index (χ1) is 7.72. The third kappa shape index (κ3) is 2.26. The van der Waals surface area contributed by atoms with Crippen molar-refractivity contribution < 1.29 is 17.9 Å². The molecule has 0 aromatic rings. The van der Waals surface area contributed by atoms with Gasteiger partial charge in [-0.1, -0.05) is 0 Å². The molecule has 2 fully saturated rings. The number of fused-ring (bicyclic) bond motifs is 1. The van der Waals surface area contributed by atoms with Crippen molar-refractivity contribution >= 4 is 16.3 Å². The predicted molar refractivity (Wildman–Crippen MR) is 61.6 cm³/mol. The van der Waals surface area contributed by atoms with E-state index in [0.717, 1.165) is 17.1 Å². The standard InChI is InChI=1S/C10H18N2O4S/c1-10(2,3)16-9(13)12-7-8-5-4-6-11(8)17(12,14)15/h8H,4-7H2,1-3H3/t8-/m1/s1. The van der Waals surface area contributed by atoms with Gasteiger partial charge < -0.3 is 4.74 Å². The van der Waals surface area contributed by atoms with Gasteiger partial charge in [0, 0.05) is 12.6 Å². The Kier molecular flexibility index (Phi) is 2.86. The lowest BCUT2D eigenvalue weighted by molar-refractivity contribution is 0.0398. The Morgan fingerprint density at radius 3 is 2.53 bits per heavy atom. The van der Waals surface area contributed by atoms with Crippen LogP contribution >= 0.6 is 0 Å². The highest BCUT2D eigenvalue weighted by molar-refractivity contribution is 7.87. The molecular formula is C10H18N2O4S. The lowest BCUT2D eigenvalue weighted by atomic mass is 10.2. The fourth-order valence-corrected chi connectivity index (χ4v) is 3.94. The van der Waals surface area contributed by atoms with Crippen molar-refractivity contribution in [3.8, 4) is 0 Å². The van der Waals surface area contributed by atoms with Gasteiger partial charge in [-0.3, -0.25) is 0 Å². The van der Waals surface area contributed by atoms with E-state index in [9.17, 15) is 13.2 Å². The van der Waals surface area contributed by atoms with Gasteiger partial charge in [0.2, 0.25) is 0 Å². The SMILES string of the molecule is CC(C)(C)OC(=O)N1C[C@H]2CCCN2S1(=O)=O. The second-order valence-electron chi connectivity index (χ2n) is 5.43. The van der Waals surface area contributed by atoms with E-state index in [1.165, 1.54) is 4.31 Å². The van der Waals surface area contributed by atoms with Crippen molar-refractivity contribution in [1.29, 1.82) is 0 Å². The minimum Gasteiger partial charge on any atom is -0.443 e. The van der Waals surface area contributed by atoms with Crippen molar-refractivity contribution in [3.63, 3.8) is 0 Å². The molecule has 0 N–H and O–H groups in total. The van der Waals surface area contributed by atoms with Crippen LogP contribution in [0.2, 0.25) is 0 Å². The van der Waals surface area contributed by atoms with E-state index in [-0.39, 0.29) is 12.6 Å². The van der Waals surface area contributed by atoms with Crippen LogP contribution in [0.3, 0.4) is 0 Å². The molecule has 2 aliphatic heterocycles. The number of carbonyl (C=O) groups is 1. The van der Waals surface area contributed by atoms with Crippen LogP contribution in [0.4, 0.5) is 4.79 Å². The van der Waals surface area contributed by atoms with Crippen LogP contribution in [-0.2, 0) is 14.9 Å². The van der Waals surface area contributed by atoms with Crippen molar-refractivity contribution in [2.45, 2.75) is 45.3 Å². The van der Waals surface area contributed by atoms with E-state index >= 15 is 0 Å². The minimum atomic E-state index is -3.64. The zero-order chi connectivity index (χ0) is 12.8. The van der Waals surface area contributed by atoms with Crippen molar-refractivity contribution in [2.75, 3.05) is 13.1 Å². The molecular weight excluding hydrogens is 244 g/mol. The summed E-state index contributed by atoms with van der Waals surface area (Å²) in [7, 11) is -3.64. The first kappa shape index (κ1) is 12.6. The summed E-state index contributed by atoms with van der Waals surface area (Å²) in [5.74, 6) is 0. The van der Waals surface area contributed by atoms with Gasteiger partial charge in [-0.2, -0.15) is 17.0 Å². The Morgan fingerprint density at radius 2 is 2.00 bits per heavy atom. The van der Waals surface area contributed by atoms with Gasteiger partial charge in [0.1, 0.15) is 5.60 Å². The first-order valence-corrected chi connectivity index (χ1v) is 7.14. The molecule has 2 aliphatic rings. The van der Waals surface area contributed by atoms with E-state index in [1.54, 1.807) is 20.8 Å². The molecule has 1 amide bonds. The Labute approximate surface area is 102 Å². The molecule has 2 heterocycles. The van der Waals surface area contributed by atoms with Crippen LogP contribution < -0.4 is 0 Å². The van der Waals surface area contributed by atoms with E-state index < -0.39 is 21.9 Å². The van der Waals surface area contributed by atoms with Crippen LogP contribution in [0.5, 0.6) is 0 Å². The van der Waals surface area contributed by atoms with E-state index in [1.807, 2.05) is 0 Å². The summed E-state index contributed by atoms with van der Waals surface area (Å²) in [6, 6.07) is -0.0625. The molecule has 0 aromatic carbocycles. The summed E-state index contributed by atoms with van der Waals surface area (Å²) in [6.45, 7) is 5.88. The van der Waals surface area contributed by atoms with Crippen molar-refractivity contribution in [3.05, 3.63) is 0 Å². The molecule has 98 valence electrons. The van der Waals surface area contributed by atoms with E-state index in [2.05, 4.69) is 0 Å². The molecule has 0 aliphatic carbocycles. The van der Waals surface area contributed by atoms with E-state index in [0.29, 0.717) is 6.54 Å². The van der Waals surface area contributed by atoms with Gasteiger partial charge >= 0.3 is 16.3 Å². The van der Waals surface area contributed by atoms with Crippen molar-refractivity contribution in [1.82, 2.24) is 8.61 Å². The topological polar surface area (TPSA) is 66.9 Å². The summed E-state index contributed by atoms with van der Waals surface area (Å²) < 4.78 is 31.5. The normalized spacial score (nSPS) is 28.2. The number of rotatable bonds is 0. The molecule has 0 radical (unpaired) electrons. The highest BCUT2D eigenvalue weighted by Gasteiger charge is 2.49. The zero-order valence-corrected chi connectivity index (χ0v) is 11.2. The minimum absolute atomic E-state index is 0.0625. The zero-order valence-electron chi connectivity index (χ0n) is 10.3. The Bertz CT molecular complexity index is 426. The largest absolute Gasteiger partial charge is 0.443 e. The average molecular weight is 262 g/mol. The molecule has 17 heavy (non-hydrogen) atoms. The lowest BCUT2D eigenvalue weighted by Gasteiger charge is -2.24. The molecule has 0 bridgehead atoms. The maximum atomic E-state index is 12.1. The average Bonchev–Trinajstić information content (AvgIpc) is 2.65. The molecule has 0 spiro atoms. The predicted octanol–water partition coefficient (Wildman–Crippen LogP) is 0.946. The third-order valence-corrected chi connectivity index (χ3v) is 4.80. The summed E-state index contributed by atoms with van der Waals surface area (Å²) in [6.07, 6.45) is 0.914. The quantitative estimate of drug-likeness (QED) is 0.652. The Hall–Kier alpha value is -0.820. The molecule has 6 nitrogen and oxygen atoms in total. The second-order valence-corrected chi connectivity index (χ2v) is 7.23. The first-order valence-electron chi connectivity index (χ1n) is 5.74. The van der Waals surface area contributed by atoms with Gasteiger partial charge in [-0.05, 0) is 33.6 Å². The summed E-state index contributed by atoms with van der Waals surface area (Å²) >= 11 is 0. The highest BCUT2D eigenvalue weighted by atomic mass is 32.2. The molecule has 7 heteroatoms. The number of ether oxygens (including phenoxy) is 1. The number of hydrogen-bond donors (Lipinski definition) is 0. The Morgan fingerprint density at radius 1 is 1.35 bits per heavy atom. The number of nitrogens with zero attached hydrogens (tertiary/aromatic N) is 2. The molecule has 0 unspecified atom stereocenters. The summed E-state index contributed by atoms with van der Waals surface area (Å²) in [5, 5.41) is 0. The maximum absolute atomic E-state index is 12.1. The van der Waals surface area contributed by atoms with Crippen LogP contribution in [-0.4, -0.2) is 47.9 Å². The molecule has 2 saturated heterocycles. The monoisotopic (exact) mass is 262 g/mol. The van der Waals surface area contributed by atoms with Crippen LogP contribution in [0, 0.1) is 0 Å². The lowest BCUT2D eigenvalue weighted by Crippen LogP contribution is -2.40. The molecule has 0 saturated carbocycles. The van der Waals surface area contributed by atoms with Crippen LogP contribution in [0.15, 0.2) is 0 Å². The van der Waals surface area contributed by atoms with Crippen LogP contribution in [0.25, 0.3) is 0 Å². The molecule has 0 aromatic heterocycles. The fraction of sp³-hybridized carbons (Fsp3) is 0.900. The summed E-state index contributed by atoms with van der Waals surface area (Å²) in [5.41, 5.74) is -0.681. The van der Waals surface area contributed by atoms with E-state index in [4.69, 9.17) is 4.74 Å². The molecule has 2 rings (SSSR count). The van der Waals surface area contributed by atoms with Crippen molar-refractivity contribution in [2.24, 2.45) is 0 Å². The molecule has 1 atom stereocenters. The number of hydrogen-bond acceptors (Lipinski definition) is 4. The number of carbonyl (C=O) groups excluding carboxylic acids is 1. The summed E-state index contributed by atoms with van der Waals surface area (Å²) in [4.78, 5) is 11.8. The van der Waals surface area contributed by atoms with Gasteiger partial charge in [0.15, 0.2) is 0 Å². The second kappa shape index (κ2) is 3.84. The Balaban J connectivity index is 2.16. The van der Waals surface area contributed by atoms with Gasteiger partial charge in [-0.15, -0.1) is 0 Å². The maximum Gasteiger partial charge on any atom is 0.425 e. The third-order valence-electron chi connectivity index (χ3n) is 2.87. The van der Waals surface area contributed by atoms with Gasteiger partial charge in [0.25, 0.3) is 0 Å². The van der Waals surface area contributed by atoms with Crippen LogP contribution in [0.1, 0.15) is 33.6 Å². The number of amides is 1. The van der Waals surface area contributed by atoms with Gasteiger partial charge in [-0.25, -0.2) is 4.79 Å². The highest BCUT2D eigenvalue weighted by Crippen LogP contribution is 2.31. The fourth-order valence-electron chi connectivity index (χ4n) is 2.19.